The maximum atomic E-state index is 12.0. The Morgan fingerprint density at radius 2 is 2.05 bits per heavy atom. The number of carbonyl (C=O) groups excluding carboxylic acids is 1. The summed E-state index contributed by atoms with van der Waals surface area (Å²) in [7, 11) is 1.58. The van der Waals surface area contributed by atoms with Crippen LogP contribution in [0.25, 0.3) is 10.9 Å². The molecule has 1 amide bonds. The first-order valence-electron chi connectivity index (χ1n) is 6.25. The molecule has 0 aliphatic heterocycles. The second-order valence-electron chi connectivity index (χ2n) is 4.66. The lowest BCUT2D eigenvalue weighted by molar-refractivity contribution is 0.0955. The van der Waals surface area contributed by atoms with Gasteiger partial charge in [-0.05, 0) is 25.0 Å². The summed E-state index contributed by atoms with van der Waals surface area (Å²) in [6.07, 6.45) is 0. The fraction of sp³-hybridized carbons (Fsp3) is 0.267. The molecule has 0 aliphatic carbocycles. The van der Waals surface area contributed by atoms with Gasteiger partial charge in [0.2, 0.25) is 0 Å². The summed E-state index contributed by atoms with van der Waals surface area (Å²) in [5, 5.41) is 3.89. The fourth-order valence-corrected chi connectivity index (χ4v) is 2.21. The Labute approximate surface area is 122 Å². The quantitative estimate of drug-likeness (QED) is 0.908. The summed E-state index contributed by atoms with van der Waals surface area (Å²) >= 11 is 5.75. The minimum absolute atomic E-state index is 0.159. The molecule has 0 spiro atoms. The lowest BCUT2D eigenvalue weighted by Crippen LogP contribution is -2.19. The van der Waals surface area contributed by atoms with Crippen molar-refractivity contribution in [3.63, 3.8) is 0 Å². The number of rotatable bonds is 4. The smallest absolute Gasteiger partial charge is 0.271 e. The Morgan fingerprint density at radius 3 is 2.65 bits per heavy atom. The molecule has 1 aromatic heterocycles. The Bertz CT molecular complexity index is 689. The van der Waals surface area contributed by atoms with Gasteiger partial charge in [-0.2, -0.15) is 0 Å². The van der Waals surface area contributed by atoms with E-state index in [9.17, 15) is 4.79 Å². The highest BCUT2D eigenvalue weighted by molar-refractivity contribution is 6.29. The Hall–Kier alpha value is -1.94. The summed E-state index contributed by atoms with van der Waals surface area (Å²) in [6.45, 7) is 7.72. The predicted molar refractivity (Wildman–Crippen MR) is 81.7 cm³/mol. The average molecular weight is 293 g/mol. The molecule has 1 heterocycles. The molecule has 0 bridgehead atoms. The van der Waals surface area contributed by atoms with Gasteiger partial charge in [0.25, 0.3) is 5.91 Å². The van der Waals surface area contributed by atoms with Crippen molar-refractivity contribution in [2.75, 3.05) is 13.7 Å². The van der Waals surface area contributed by atoms with Crippen LogP contribution in [0.3, 0.4) is 0 Å². The van der Waals surface area contributed by atoms with Gasteiger partial charge in [0.15, 0.2) is 5.75 Å². The lowest BCUT2D eigenvalue weighted by Gasteiger charge is -2.07. The number of aryl methyl sites for hydroxylation is 2. The van der Waals surface area contributed by atoms with E-state index >= 15 is 0 Å². The third-order valence-electron chi connectivity index (χ3n) is 3.15. The van der Waals surface area contributed by atoms with Crippen LogP contribution >= 0.6 is 11.6 Å². The summed E-state index contributed by atoms with van der Waals surface area (Å²) in [5.41, 5.74) is 3.39. The first-order valence-corrected chi connectivity index (χ1v) is 6.63. The lowest BCUT2D eigenvalue weighted by atomic mass is 10.1. The van der Waals surface area contributed by atoms with Crippen LogP contribution in [0.1, 0.15) is 21.6 Å². The molecule has 2 aromatic rings. The molecule has 4 nitrogen and oxygen atoms in total. The zero-order valence-electron chi connectivity index (χ0n) is 11.8. The van der Waals surface area contributed by atoms with E-state index in [2.05, 4.69) is 16.9 Å². The Balaban J connectivity index is 2.68. The van der Waals surface area contributed by atoms with Crippen LogP contribution in [0.15, 0.2) is 23.7 Å². The van der Waals surface area contributed by atoms with Crippen molar-refractivity contribution in [3.8, 4) is 5.75 Å². The molecule has 0 atom stereocenters. The molecule has 0 saturated carbocycles. The van der Waals surface area contributed by atoms with Crippen LogP contribution in [-0.4, -0.2) is 24.5 Å². The number of amides is 1. The van der Waals surface area contributed by atoms with E-state index in [-0.39, 0.29) is 12.5 Å². The monoisotopic (exact) mass is 292 g/mol. The highest BCUT2D eigenvalue weighted by atomic mass is 35.5. The van der Waals surface area contributed by atoms with Crippen molar-refractivity contribution in [2.45, 2.75) is 13.8 Å². The molecule has 1 aromatic carbocycles. The number of hydrogen-bond acceptors (Lipinski definition) is 2. The molecule has 106 valence electrons. The number of hydrogen-bond donors (Lipinski definition) is 2. The van der Waals surface area contributed by atoms with Gasteiger partial charge in [-0.1, -0.05) is 30.3 Å². The number of fused-ring (bicyclic) bond motifs is 1. The zero-order chi connectivity index (χ0) is 14.9. The van der Waals surface area contributed by atoms with Crippen molar-refractivity contribution in [2.24, 2.45) is 0 Å². The summed E-state index contributed by atoms with van der Waals surface area (Å²) in [4.78, 5) is 15.1. The standard InChI is InChI=1S/C15H17ClN2O2/c1-8-5-6-9(2)12-11(8)14(20-7-10(3)16)13(18-12)15(19)17-4/h5-6,18H,3,7H2,1-2,4H3,(H,17,19). The fourth-order valence-electron chi connectivity index (χ4n) is 2.15. The normalized spacial score (nSPS) is 10.6. The van der Waals surface area contributed by atoms with Crippen LogP contribution in [0.2, 0.25) is 0 Å². The maximum absolute atomic E-state index is 12.0. The zero-order valence-corrected chi connectivity index (χ0v) is 12.5. The number of H-pyrrole nitrogens is 1. The Morgan fingerprint density at radius 1 is 1.40 bits per heavy atom. The molecule has 2 N–H and O–H groups in total. The molecule has 2 rings (SSSR count). The number of aromatic nitrogens is 1. The van der Waals surface area contributed by atoms with Crippen molar-refractivity contribution >= 4 is 28.4 Å². The molecule has 5 heteroatoms. The van der Waals surface area contributed by atoms with Crippen molar-refractivity contribution in [3.05, 3.63) is 40.6 Å². The second-order valence-corrected chi connectivity index (χ2v) is 5.20. The van der Waals surface area contributed by atoms with E-state index < -0.39 is 0 Å². The van der Waals surface area contributed by atoms with Crippen LogP contribution in [0, 0.1) is 13.8 Å². The van der Waals surface area contributed by atoms with Crippen LogP contribution in [0.4, 0.5) is 0 Å². The molecule has 0 radical (unpaired) electrons. The molecule has 0 fully saturated rings. The topological polar surface area (TPSA) is 54.1 Å². The number of carbonyl (C=O) groups is 1. The van der Waals surface area contributed by atoms with Gasteiger partial charge in [0.05, 0.1) is 5.52 Å². The molecular formula is C15H17ClN2O2. The van der Waals surface area contributed by atoms with E-state index in [1.54, 1.807) is 7.05 Å². The minimum atomic E-state index is -0.227. The third kappa shape index (κ3) is 2.51. The van der Waals surface area contributed by atoms with Gasteiger partial charge >= 0.3 is 0 Å². The number of ether oxygens (including phenoxy) is 1. The van der Waals surface area contributed by atoms with Gasteiger partial charge in [0, 0.05) is 17.5 Å². The van der Waals surface area contributed by atoms with E-state index in [0.29, 0.717) is 16.5 Å². The van der Waals surface area contributed by atoms with Crippen LogP contribution < -0.4 is 10.1 Å². The Kier molecular flexibility index (Phi) is 4.04. The highest BCUT2D eigenvalue weighted by Crippen LogP contribution is 2.34. The van der Waals surface area contributed by atoms with Gasteiger partial charge in [-0.3, -0.25) is 4.79 Å². The number of halogens is 1. The number of nitrogens with one attached hydrogen (secondary N) is 2. The molecule has 0 aliphatic rings. The molecule has 20 heavy (non-hydrogen) atoms. The van der Waals surface area contributed by atoms with E-state index in [0.717, 1.165) is 22.0 Å². The second kappa shape index (κ2) is 5.59. The molecular weight excluding hydrogens is 276 g/mol. The SMILES string of the molecule is C=C(Cl)COc1c(C(=O)NC)[nH]c2c(C)ccc(C)c12. The summed E-state index contributed by atoms with van der Waals surface area (Å²) < 4.78 is 5.69. The van der Waals surface area contributed by atoms with Gasteiger partial charge in [0.1, 0.15) is 12.3 Å². The van der Waals surface area contributed by atoms with E-state index in [1.807, 2.05) is 26.0 Å². The van der Waals surface area contributed by atoms with Crippen molar-refractivity contribution in [1.82, 2.24) is 10.3 Å². The first kappa shape index (κ1) is 14.5. The van der Waals surface area contributed by atoms with Gasteiger partial charge < -0.3 is 15.0 Å². The van der Waals surface area contributed by atoms with Gasteiger partial charge in [-0.25, -0.2) is 0 Å². The first-order chi connectivity index (χ1) is 9.45. The van der Waals surface area contributed by atoms with Crippen LogP contribution in [0.5, 0.6) is 5.75 Å². The van der Waals surface area contributed by atoms with E-state index in [1.165, 1.54) is 0 Å². The number of benzene rings is 1. The summed E-state index contributed by atoms with van der Waals surface area (Å²) in [5.74, 6) is 0.289. The highest BCUT2D eigenvalue weighted by Gasteiger charge is 2.20. The van der Waals surface area contributed by atoms with Crippen molar-refractivity contribution in [1.29, 1.82) is 0 Å². The number of aromatic amines is 1. The van der Waals surface area contributed by atoms with Gasteiger partial charge in [-0.15, -0.1) is 0 Å². The summed E-state index contributed by atoms with van der Waals surface area (Å²) in [6, 6.07) is 4.01. The maximum Gasteiger partial charge on any atom is 0.271 e. The molecule has 0 unspecified atom stereocenters. The molecule has 0 saturated heterocycles. The minimum Gasteiger partial charge on any atom is -0.485 e. The predicted octanol–water partition coefficient (Wildman–Crippen LogP) is 3.28. The van der Waals surface area contributed by atoms with E-state index in [4.69, 9.17) is 16.3 Å². The largest absolute Gasteiger partial charge is 0.485 e. The third-order valence-corrected chi connectivity index (χ3v) is 3.26. The average Bonchev–Trinajstić information content (AvgIpc) is 2.80. The van der Waals surface area contributed by atoms with Crippen LogP contribution in [-0.2, 0) is 0 Å². The van der Waals surface area contributed by atoms with Crippen molar-refractivity contribution < 1.29 is 9.53 Å².